The predicted octanol–water partition coefficient (Wildman–Crippen LogP) is 4.21. The van der Waals surface area contributed by atoms with Gasteiger partial charge in [-0.1, -0.05) is 29.8 Å². The van der Waals surface area contributed by atoms with Crippen molar-refractivity contribution in [3.63, 3.8) is 0 Å². The van der Waals surface area contributed by atoms with E-state index in [0.29, 0.717) is 5.56 Å². The Morgan fingerprint density at radius 1 is 1.04 bits per heavy atom. The van der Waals surface area contributed by atoms with E-state index in [1.807, 2.05) is 6.92 Å². The highest BCUT2D eigenvalue weighted by Gasteiger charge is 2.24. The second kappa shape index (κ2) is 7.50. The summed E-state index contributed by atoms with van der Waals surface area (Å²) in [7, 11) is -3.94. The standard InChI is InChI=1S/C20H24O5S/c1-14-9-11-18(12-10-14)26(22,23)25-17-8-6-7-16(13-17)15(2)19(21)24-20(3,4)5/h6-13,15H,1-5H3. The first-order chi connectivity index (χ1) is 12.0. The molecule has 0 aliphatic heterocycles. The average molecular weight is 376 g/mol. The Bertz CT molecular complexity index is 877. The molecule has 0 N–H and O–H groups in total. The van der Waals surface area contributed by atoms with Gasteiger partial charge in [-0.2, -0.15) is 8.42 Å². The summed E-state index contributed by atoms with van der Waals surface area (Å²) in [5.74, 6) is -0.769. The Kier molecular flexibility index (Phi) is 5.76. The first kappa shape index (κ1) is 20.0. The van der Waals surface area contributed by atoms with Gasteiger partial charge in [-0.05, 0) is 64.4 Å². The maximum absolute atomic E-state index is 12.4. The molecular weight excluding hydrogens is 352 g/mol. The van der Waals surface area contributed by atoms with Crippen LogP contribution < -0.4 is 4.18 Å². The molecule has 0 spiro atoms. The van der Waals surface area contributed by atoms with Crippen LogP contribution in [0.2, 0.25) is 0 Å². The highest BCUT2D eigenvalue weighted by Crippen LogP contribution is 2.26. The average Bonchev–Trinajstić information content (AvgIpc) is 2.52. The summed E-state index contributed by atoms with van der Waals surface area (Å²) < 4.78 is 35.4. The number of hydrogen-bond acceptors (Lipinski definition) is 5. The third-order valence-corrected chi connectivity index (χ3v) is 4.90. The quantitative estimate of drug-likeness (QED) is 0.577. The molecule has 0 saturated heterocycles. The highest BCUT2D eigenvalue weighted by atomic mass is 32.2. The van der Waals surface area contributed by atoms with Gasteiger partial charge in [0, 0.05) is 0 Å². The number of aryl methyl sites for hydroxylation is 1. The Hall–Kier alpha value is -2.34. The van der Waals surface area contributed by atoms with Crippen molar-refractivity contribution < 1.29 is 22.1 Å². The normalized spacial score (nSPS) is 13.1. The van der Waals surface area contributed by atoms with Crippen molar-refractivity contribution in [3.8, 4) is 5.75 Å². The molecule has 0 amide bonds. The number of carbonyl (C=O) groups excluding carboxylic acids is 1. The summed E-state index contributed by atoms with van der Waals surface area (Å²) in [4.78, 5) is 12.3. The minimum atomic E-state index is -3.94. The number of benzene rings is 2. The molecule has 1 unspecified atom stereocenters. The molecule has 0 radical (unpaired) electrons. The van der Waals surface area contributed by atoms with Crippen molar-refractivity contribution in [2.45, 2.75) is 51.0 Å². The van der Waals surface area contributed by atoms with Crippen LogP contribution in [0.4, 0.5) is 0 Å². The highest BCUT2D eigenvalue weighted by molar-refractivity contribution is 7.87. The molecule has 6 heteroatoms. The molecule has 0 saturated carbocycles. The zero-order valence-electron chi connectivity index (χ0n) is 15.6. The maximum atomic E-state index is 12.4. The van der Waals surface area contributed by atoms with Crippen molar-refractivity contribution >= 4 is 16.1 Å². The topological polar surface area (TPSA) is 69.7 Å². The van der Waals surface area contributed by atoms with E-state index < -0.39 is 21.6 Å². The second-order valence-corrected chi connectivity index (χ2v) is 8.72. The third-order valence-electron chi connectivity index (χ3n) is 3.63. The monoisotopic (exact) mass is 376 g/mol. The van der Waals surface area contributed by atoms with Gasteiger partial charge in [0.05, 0.1) is 5.92 Å². The van der Waals surface area contributed by atoms with Crippen LogP contribution in [-0.4, -0.2) is 20.0 Å². The summed E-state index contributed by atoms with van der Waals surface area (Å²) in [5.41, 5.74) is 0.988. The number of carbonyl (C=O) groups is 1. The smallest absolute Gasteiger partial charge is 0.339 e. The molecule has 26 heavy (non-hydrogen) atoms. The van der Waals surface area contributed by atoms with E-state index in [1.165, 1.54) is 18.2 Å². The predicted molar refractivity (Wildman–Crippen MR) is 99.7 cm³/mol. The van der Waals surface area contributed by atoms with Crippen molar-refractivity contribution in [2.75, 3.05) is 0 Å². The van der Waals surface area contributed by atoms with Gasteiger partial charge in [0.25, 0.3) is 0 Å². The van der Waals surface area contributed by atoms with Crippen LogP contribution in [0.1, 0.15) is 44.7 Å². The molecule has 1 atom stereocenters. The lowest BCUT2D eigenvalue weighted by Crippen LogP contribution is -2.26. The van der Waals surface area contributed by atoms with E-state index in [2.05, 4.69) is 0 Å². The number of rotatable bonds is 5. The van der Waals surface area contributed by atoms with E-state index >= 15 is 0 Å². The number of hydrogen-bond donors (Lipinski definition) is 0. The number of ether oxygens (including phenoxy) is 1. The molecule has 0 bridgehead atoms. The SMILES string of the molecule is Cc1ccc(S(=O)(=O)Oc2cccc(C(C)C(=O)OC(C)(C)C)c2)cc1. The molecule has 0 aliphatic carbocycles. The van der Waals surface area contributed by atoms with Crippen LogP contribution in [0.3, 0.4) is 0 Å². The first-order valence-corrected chi connectivity index (χ1v) is 9.73. The molecule has 0 heterocycles. The van der Waals surface area contributed by atoms with E-state index in [1.54, 1.807) is 58.0 Å². The van der Waals surface area contributed by atoms with Crippen LogP contribution in [-0.2, 0) is 19.6 Å². The van der Waals surface area contributed by atoms with Gasteiger partial charge in [-0.15, -0.1) is 0 Å². The zero-order valence-corrected chi connectivity index (χ0v) is 16.5. The summed E-state index contributed by atoms with van der Waals surface area (Å²) in [6, 6.07) is 12.9. The van der Waals surface area contributed by atoms with Gasteiger partial charge >= 0.3 is 16.1 Å². The summed E-state index contributed by atoms with van der Waals surface area (Å²) in [6.07, 6.45) is 0. The third kappa shape index (κ3) is 5.33. The molecule has 2 rings (SSSR count). The lowest BCUT2D eigenvalue weighted by Gasteiger charge is -2.22. The zero-order chi connectivity index (χ0) is 19.5. The van der Waals surface area contributed by atoms with Gasteiger partial charge in [0.1, 0.15) is 16.2 Å². The summed E-state index contributed by atoms with van der Waals surface area (Å²) >= 11 is 0. The van der Waals surface area contributed by atoms with Crippen LogP contribution in [0.5, 0.6) is 5.75 Å². The fraction of sp³-hybridized carbons (Fsp3) is 0.350. The van der Waals surface area contributed by atoms with E-state index in [-0.39, 0.29) is 16.6 Å². The molecule has 0 aliphatic rings. The Labute approximate surface area is 155 Å². The Balaban J connectivity index is 2.21. The minimum absolute atomic E-state index is 0.0775. The van der Waals surface area contributed by atoms with Gasteiger partial charge < -0.3 is 8.92 Å². The van der Waals surface area contributed by atoms with E-state index in [4.69, 9.17) is 8.92 Å². The van der Waals surface area contributed by atoms with Crippen molar-refractivity contribution in [3.05, 3.63) is 59.7 Å². The van der Waals surface area contributed by atoms with E-state index in [0.717, 1.165) is 5.56 Å². The first-order valence-electron chi connectivity index (χ1n) is 8.32. The van der Waals surface area contributed by atoms with Crippen molar-refractivity contribution in [1.29, 1.82) is 0 Å². The Morgan fingerprint density at radius 3 is 2.23 bits per heavy atom. The van der Waals surface area contributed by atoms with Gasteiger partial charge in [0.15, 0.2) is 0 Å². The maximum Gasteiger partial charge on any atom is 0.339 e. The van der Waals surface area contributed by atoms with E-state index in [9.17, 15) is 13.2 Å². The van der Waals surface area contributed by atoms with Crippen LogP contribution >= 0.6 is 0 Å². The summed E-state index contributed by atoms with van der Waals surface area (Å²) in [6.45, 7) is 8.97. The second-order valence-electron chi connectivity index (χ2n) is 7.18. The molecule has 0 fully saturated rings. The van der Waals surface area contributed by atoms with Crippen LogP contribution in [0.15, 0.2) is 53.4 Å². The molecule has 0 aromatic heterocycles. The fourth-order valence-corrected chi connectivity index (χ4v) is 3.16. The van der Waals surface area contributed by atoms with Gasteiger partial charge in [-0.25, -0.2) is 0 Å². The molecule has 140 valence electrons. The lowest BCUT2D eigenvalue weighted by molar-refractivity contribution is -0.156. The Morgan fingerprint density at radius 2 is 1.65 bits per heavy atom. The molecule has 2 aromatic rings. The van der Waals surface area contributed by atoms with Crippen molar-refractivity contribution in [1.82, 2.24) is 0 Å². The minimum Gasteiger partial charge on any atom is -0.460 e. The molecule has 2 aromatic carbocycles. The lowest BCUT2D eigenvalue weighted by atomic mass is 10.0. The van der Waals surface area contributed by atoms with Gasteiger partial charge in [0.2, 0.25) is 0 Å². The largest absolute Gasteiger partial charge is 0.460 e. The fourth-order valence-electron chi connectivity index (χ4n) is 2.24. The van der Waals surface area contributed by atoms with Gasteiger partial charge in [-0.3, -0.25) is 4.79 Å². The molecule has 5 nitrogen and oxygen atoms in total. The van der Waals surface area contributed by atoms with Crippen LogP contribution in [0.25, 0.3) is 0 Å². The van der Waals surface area contributed by atoms with Crippen molar-refractivity contribution in [2.24, 2.45) is 0 Å². The number of esters is 1. The summed E-state index contributed by atoms with van der Waals surface area (Å²) in [5, 5.41) is 0. The molecular formula is C20H24O5S. The van der Waals surface area contributed by atoms with Crippen LogP contribution in [0, 0.1) is 6.92 Å².